The molecule has 7 nitrogen and oxygen atoms in total. The van der Waals surface area contributed by atoms with E-state index in [1.807, 2.05) is 55.5 Å². The summed E-state index contributed by atoms with van der Waals surface area (Å²) in [5.74, 6) is 0.136. The first-order valence-corrected chi connectivity index (χ1v) is 9.54. The highest BCUT2D eigenvalue weighted by Crippen LogP contribution is 2.23. The minimum absolute atomic E-state index is 0.0398. The maximum atomic E-state index is 12.2. The number of nitrogens with zero attached hydrogens (tertiary/aromatic N) is 2. The van der Waals surface area contributed by atoms with Gasteiger partial charge in [0.15, 0.2) is 5.70 Å². The zero-order valence-electron chi connectivity index (χ0n) is 16.6. The van der Waals surface area contributed by atoms with Crippen molar-refractivity contribution in [1.82, 2.24) is 0 Å². The van der Waals surface area contributed by atoms with Crippen molar-refractivity contribution in [1.29, 1.82) is 0 Å². The predicted molar refractivity (Wildman–Crippen MR) is 116 cm³/mol. The van der Waals surface area contributed by atoms with Gasteiger partial charge in [-0.2, -0.15) is 0 Å². The van der Waals surface area contributed by atoms with E-state index in [9.17, 15) is 14.9 Å². The van der Waals surface area contributed by atoms with Crippen LogP contribution in [0.15, 0.2) is 83.5 Å². The number of esters is 1. The third-order valence-corrected chi connectivity index (χ3v) is 4.63. The lowest BCUT2D eigenvalue weighted by Crippen LogP contribution is -2.05. The largest absolute Gasteiger partial charge is 0.489 e. The van der Waals surface area contributed by atoms with Gasteiger partial charge in [-0.1, -0.05) is 48.0 Å². The highest BCUT2D eigenvalue weighted by Gasteiger charge is 2.25. The fourth-order valence-corrected chi connectivity index (χ4v) is 2.95. The van der Waals surface area contributed by atoms with Crippen LogP contribution in [-0.2, 0) is 16.1 Å². The van der Waals surface area contributed by atoms with Crippen LogP contribution < -0.4 is 4.74 Å². The quantitative estimate of drug-likeness (QED) is 0.249. The van der Waals surface area contributed by atoms with Gasteiger partial charge in [0.25, 0.3) is 5.69 Å². The summed E-state index contributed by atoms with van der Waals surface area (Å²) in [5, 5.41) is 10.9. The molecule has 0 bridgehead atoms. The Morgan fingerprint density at radius 2 is 1.81 bits per heavy atom. The number of carbonyl (C=O) groups is 1. The molecule has 4 rings (SSSR count). The lowest BCUT2D eigenvalue weighted by molar-refractivity contribution is -0.384. The Morgan fingerprint density at radius 3 is 2.52 bits per heavy atom. The number of cyclic esters (lactones) is 1. The number of hydrogen-bond acceptors (Lipinski definition) is 6. The molecule has 0 spiro atoms. The molecule has 0 unspecified atom stereocenters. The highest BCUT2D eigenvalue weighted by molar-refractivity contribution is 6.13. The van der Waals surface area contributed by atoms with E-state index in [2.05, 4.69) is 4.99 Å². The summed E-state index contributed by atoms with van der Waals surface area (Å²) in [7, 11) is 0. The number of aliphatic imine (C=N–C) groups is 1. The van der Waals surface area contributed by atoms with Crippen molar-refractivity contribution in [2.75, 3.05) is 0 Å². The molecular weight excluding hydrogens is 396 g/mol. The van der Waals surface area contributed by atoms with Crippen LogP contribution in [0.25, 0.3) is 6.08 Å². The van der Waals surface area contributed by atoms with Crippen LogP contribution in [-0.4, -0.2) is 16.8 Å². The van der Waals surface area contributed by atoms with E-state index >= 15 is 0 Å². The third-order valence-electron chi connectivity index (χ3n) is 4.63. The molecule has 31 heavy (non-hydrogen) atoms. The van der Waals surface area contributed by atoms with Gasteiger partial charge in [0.05, 0.1) is 4.92 Å². The minimum atomic E-state index is -0.610. The Labute approximate surface area is 178 Å². The van der Waals surface area contributed by atoms with E-state index in [4.69, 9.17) is 9.47 Å². The summed E-state index contributed by atoms with van der Waals surface area (Å²) < 4.78 is 11.0. The normalized spacial score (nSPS) is 14.3. The Hall–Kier alpha value is -4.26. The fraction of sp³-hybridized carbons (Fsp3) is 0.0833. The fourth-order valence-electron chi connectivity index (χ4n) is 2.95. The summed E-state index contributed by atoms with van der Waals surface area (Å²) in [6.45, 7) is 2.50. The Morgan fingerprint density at radius 1 is 1.06 bits per heavy atom. The Balaban J connectivity index is 1.46. The average Bonchev–Trinajstić information content (AvgIpc) is 3.14. The molecule has 0 saturated heterocycles. The first-order chi connectivity index (χ1) is 15.0. The molecule has 3 aromatic rings. The zero-order chi connectivity index (χ0) is 21.8. The van der Waals surface area contributed by atoms with Crippen molar-refractivity contribution in [2.24, 2.45) is 4.99 Å². The highest BCUT2D eigenvalue weighted by atomic mass is 16.6. The second kappa shape index (κ2) is 8.62. The predicted octanol–water partition coefficient (Wildman–Crippen LogP) is 4.83. The van der Waals surface area contributed by atoms with Crippen LogP contribution in [0.5, 0.6) is 5.75 Å². The topological polar surface area (TPSA) is 91.0 Å². The van der Waals surface area contributed by atoms with Gasteiger partial charge >= 0.3 is 5.97 Å². The van der Waals surface area contributed by atoms with Gasteiger partial charge in [-0.05, 0) is 42.3 Å². The number of nitro benzene ring substituents is 1. The van der Waals surface area contributed by atoms with E-state index in [1.165, 1.54) is 23.8 Å². The summed E-state index contributed by atoms with van der Waals surface area (Å²) in [5.41, 5.74) is 3.41. The molecule has 0 fully saturated rings. The molecule has 0 aliphatic carbocycles. The van der Waals surface area contributed by atoms with Gasteiger partial charge < -0.3 is 9.47 Å². The zero-order valence-corrected chi connectivity index (χ0v) is 16.6. The molecule has 1 aliphatic heterocycles. The molecule has 0 N–H and O–H groups in total. The number of ether oxygens (including phenoxy) is 2. The van der Waals surface area contributed by atoms with E-state index < -0.39 is 10.9 Å². The Bertz CT molecular complexity index is 1200. The van der Waals surface area contributed by atoms with E-state index in [1.54, 1.807) is 12.1 Å². The van der Waals surface area contributed by atoms with Gasteiger partial charge in [-0.25, -0.2) is 9.79 Å². The molecule has 1 aliphatic rings. The van der Waals surface area contributed by atoms with E-state index in [0.717, 1.165) is 11.1 Å². The summed E-state index contributed by atoms with van der Waals surface area (Å²) >= 11 is 0. The molecule has 0 saturated carbocycles. The second-order valence-electron chi connectivity index (χ2n) is 6.99. The maximum Gasteiger partial charge on any atom is 0.363 e. The van der Waals surface area contributed by atoms with Gasteiger partial charge in [-0.15, -0.1) is 0 Å². The molecule has 0 radical (unpaired) electrons. The third kappa shape index (κ3) is 4.84. The number of hydrogen-bond donors (Lipinski definition) is 0. The monoisotopic (exact) mass is 414 g/mol. The Kier molecular flexibility index (Phi) is 5.57. The average molecular weight is 414 g/mol. The maximum absolute atomic E-state index is 12.2. The molecule has 3 aromatic carbocycles. The molecule has 0 atom stereocenters. The van der Waals surface area contributed by atoms with Crippen molar-refractivity contribution in [3.05, 3.63) is 111 Å². The van der Waals surface area contributed by atoms with Crippen LogP contribution >= 0.6 is 0 Å². The minimum Gasteiger partial charge on any atom is -0.489 e. The van der Waals surface area contributed by atoms with Gasteiger partial charge in [0.2, 0.25) is 5.90 Å². The van der Waals surface area contributed by atoms with Crippen LogP contribution in [0, 0.1) is 17.0 Å². The first kappa shape index (κ1) is 20.0. The first-order valence-electron chi connectivity index (χ1n) is 9.54. The van der Waals surface area contributed by atoms with E-state index in [-0.39, 0.29) is 17.3 Å². The van der Waals surface area contributed by atoms with Crippen molar-refractivity contribution >= 4 is 23.6 Å². The summed E-state index contributed by atoms with van der Waals surface area (Å²) in [4.78, 5) is 26.8. The smallest absolute Gasteiger partial charge is 0.363 e. The lowest BCUT2D eigenvalue weighted by Gasteiger charge is -2.07. The molecular formula is C24H18N2O5. The SMILES string of the molecule is Cc1ccc(COc2ccc(/C=C3\N=C(c4cccc([N+](=O)[O-])c4)OC3=O)cc2)cc1. The number of non-ortho nitro benzene ring substituents is 1. The molecule has 7 heteroatoms. The summed E-state index contributed by atoms with van der Waals surface area (Å²) in [6, 6.07) is 21.2. The van der Waals surface area contributed by atoms with Gasteiger partial charge in [0.1, 0.15) is 12.4 Å². The number of aryl methyl sites for hydroxylation is 1. The number of carbonyl (C=O) groups excluding carboxylic acids is 1. The lowest BCUT2D eigenvalue weighted by atomic mass is 10.1. The molecule has 0 aromatic heterocycles. The molecule has 154 valence electrons. The number of nitro groups is 1. The number of rotatable bonds is 6. The number of benzene rings is 3. The van der Waals surface area contributed by atoms with Crippen molar-refractivity contribution in [3.8, 4) is 5.75 Å². The van der Waals surface area contributed by atoms with Crippen molar-refractivity contribution in [3.63, 3.8) is 0 Å². The second-order valence-corrected chi connectivity index (χ2v) is 6.99. The standard InChI is InChI=1S/C24H18N2O5/c1-16-5-7-18(8-6-16)15-30-21-11-9-17(10-12-21)13-22-24(27)31-23(25-22)19-3-2-4-20(14-19)26(28)29/h2-14H,15H2,1H3/b22-13-. The molecule has 0 amide bonds. The van der Waals surface area contributed by atoms with Crippen LogP contribution in [0.2, 0.25) is 0 Å². The molecule has 1 heterocycles. The van der Waals surface area contributed by atoms with Gasteiger partial charge in [-0.3, -0.25) is 10.1 Å². The van der Waals surface area contributed by atoms with Crippen molar-refractivity contribution in [2.45, 2.75) is 13.5 Å². The van der Waals surface area contributed by atoms with Gasteiger partial charge in [0, 0.05) is 17.7 Å². The van der Waals surface area contributed by atoms with Crippen LogP contribution in [0.4, 0.5) is 5.69 Å². The van der Waals surface area contributed by atoms with Crippen LogP contribution in [0.3, 0.4) is 0 Å². The summed E-state index contributed by atoms with van der Waals surface area (Å²) in [6.07, 6.45) is 1.59. The van der Waals surface area contributed by atoms with Crippen molar-refractivity contribution < 1.29 is 19.2 Å². The van der Waals surface area contributed by atoms with Crippen LogP contribution in [0.1, 0.15) is 22.3 Å². The van der Waals surface area contributed by atoms with E-state index in [0.29, 0.717) is 17.9 Å².